The van der Waals surface area contributed by atoms with Crippen LogP contribution in [-0.4, -0.2) is 63.5 Å². The van der Waals surface area contributed by atoms with E-state index in [9.17, 15) is 4.79 Å². The molecule has 108 valence electrons. The van der Waals surface area contributed by atoms with Gasteiger partial charge in [0.1, 0.15) is 0 Å². The largest absolute Gasteiger partial charge is 0.382 e. The summed E-state index contributed by atoms with van der Waals surface area (Å²) >= 11 is 1.90. The van der Waals surface area contributed by atoms with E-state index in [0.717, 1.165) is 18.1 Å². The molecule has 0 aromatic heterocycles. The fraction of sp³-hybridized carbons (Fsp3) is 0.909. The monoisotopic (exact) mass is 298 g/mol. The minimum absolute atomic E-state index is 0. The SMILES string of the molecule is COCCOCCNC(=O)CC1CSCCN1.Cl. The highest BCUT2D eigenvalue weighted by Crippen LogP contribution is 2.09. The molecule has 7 heteroatoms. The highest BCUT2D eigenvalue weighted by molar-refractivity contribution is 7.99. The fourth-order valence-electron chi connectivity index (χ4n) is 1.55. The van der Waals surface area contributed by atoms with Crippen LogP contribution in [0.2, 0.25) is 0 Å². The van der Waals surface area contributed by atoms with Crippen LogP contribution in [0.25, 0.3) is 0 Å². The van der Waals surface area contributed by atoms with Crippen molar-refractivity contribution in [2.75, 3.05) is 51.5 Å². The van der Waals surface area contributed by atoms with Crippen molar-refractivity contribution in [1.29, 1.82) is 0 Å². The number of hydrogen-bond donors (Lipinski definition) is 2. The number of ether oxygens (including phenoxy) is 2. The molecular formula is C11H23ClN2O3S. The van der Waals surface area contributed by atoms with E-state index in [1.54, 1.807) is 7.11 Å². The number of methoxy groups -OCH3 is 1. The summed E-state index contributed by atoms with van der Waals surface area (Å²) in [7, 11) is 1.64. The predicted molar refractivity (Wildman–Crippen MR) is 76.7 cm³/mol. The maximum atomic E-state index is 11.6. The molecule has 0 aliphatic carbocycles. The summed E-state index contributed by atoms with van der Waals surface area (Å²) in [6.07, 6.45) is 0.561. The minimum atomic E-state index is 0. The van der Waals surface area contributed by atoms with Gasteiger partial charge in [0, 0.05) is 44.2 Å². The summed E-state index contributed by atoms with van der Waals surface area (Å²) in [6.45, 7) is 3.29. The molecule has 0 aromatic rings. The van der Waals surface area contributed by atoms with Gasteiger partial charge in [-0.2, -0.15) is 11.8 Å². The van der Waals surface area contributed by atoms with E-state index in [1.165, 1.54) is 0 Å². The van der Waals surface area contributed by atoms with Crippen molar-refractivity contribution in [3.8, 4) is 0 Å². The minimum Gasteiger partial charge on any atom is -0.382 e. The average molecular weight is 299 g/mol. The summed E-state index contributed by atoms with van der Waals surface area (Å²) in [5, 5.41) is 6.19. The number of rotatable bonds is 8. The maximum Gasteiger partial charge on any atom is 0.221 e. The van der Waals surface area contributed by atoms with Gasteiger partial charge >= 0.3 is 0 Å². The highest BCUT2D eigenvalue weighted by atomic mass is 35.5. The van der Waals surface area contributed by atoms with Gasteiger partial charge in [-0.15, -0.1) is 12.4 Å². The molecule has 0 aromatic carbocycles. The normalized spacial score (nSPS) is 19.1. The van der Waals surface area contributed by atoms with E-state index in [1.807, 2.05) is 11.8 Å². The Morgan fingerprint density at radius 3 is 2.94 bits per heavy atom. The van der Waals surface area contributed by atoms with Crippen LogP contribution in [0.4, 0.5) is 0 Å². The number of carbonyl (C=O) groups is 1. The Morgan fingerprint density at radius 2 is 2.28 bits per heavy atom. The van der Waals surface area contributed by atoms with Gasteiger partial charge in [-0.25, -0.2) is 0 Å². The number of hydrogen-bond acceptors (Lipinski definition) is 5. The van der Waals surface area contributed by atoms with Crippen LogP contribution in [-0.2, 0) is 14.3 Å². The third-order valence-corrected chi connectivity index (χ3v) is 3.56. The van der Waals surface area contributed by atoms with Crippen LogP contribution in [0.15, 0.2) is 0 Å². The van der Waals surface area contributed by atoms with Crippen molar-refractivity contribution in [1.82, 2.24) is 10.6 Å². The van der Waals surface area contributed by atoms with Gasteiger partial charge in [0.05, 0.1) is 19.8 Å². The van der Waals surface area contributed by atoms with Gasteiger partial charge in [-0.1, -0.05) is 0 Å². The fourth-order valence-corrected chi connectivity index (χ4v) is 2.50. The first-order valence-electron chi connectivity index (χ1n) is 5.97. The van der Waals surface area contributed by atoms with Crippen molar-refractivity contribution in [2.45, 2.75) is 12.5 Å². The van der Waals surface area contributed by atoms with E-state index in [4.69, 9.17) is 9.47 Å². The molecule has 0 radical (unpaired) electrons. The Hall–Kier alpha value is -0.0100. The molecule has 1 saturated heterocycles. The van der Waals surface area contributed by atoms with Gasteiger partial charge in [-0.3, -0.25) is 4.79 Å². The summed E-state index contributed by atoms with van der Waals surface area (Å²) in [6, 6.07) is 0.322. The van der Waals surface area contributed by atoms with Gasteiger partial charge in [0.15, 0.2) is 0 Å². The summed E-state index contributed by atoms with van der Waals surface area (Å²) in [5.41, 5.74) is 0. The van der Waals surface area contributed by atoms with Crippen molar-refractivity contribution in [2.24, 2.45) is 0 Å². The molecule has 1 heterocycles. The number of carbonyl (C=O) groups excluding carboxylic acids is 1. The van der Waals surface area contributed by atoms with Crippen LogP contribution < -0.4 is 10.6 Å². The lowest BCUT2D eigenvalue weighted by Gasteiger charge is -2.22. The topological polar surface area (TPSA) is 59.6 Å². The van der Waals surface area contributed by atoms with Crippen LogP contribution in [0, 0.1) is 0 Å². The van der Waals surface area contributed by atoms with Gasteiger partial charge < -0.3 is 20.1 Å². The molecule has 2 N–H and O–H groups in total. The second-order valence-corrected chi connectivity index (χ2v) is 5.04. The Balaban J connectivity index is 0.00000289. The average Bonchev–Trinajstić information content (AvgIpc) is 2.35. The van der Waals surface area contributed by atoms with E-state index in [0.29, 0.717) is 38.8 Å². The quantitative estimate of drug-likeness (QED) is 0.631. The standard InChI is InChI=1S/C11H22N2O3S.ClH/c1-15-5-6-16-4-2-13-11(14)8-10-9-17-7-3-12-10;/h10,12H,2-9H2,1H3,(H,13,14);1H. The van der Waals surface area contributed by atoms with Gasteiger partial charge in [-0.05, 0) is 0 Å². The summed E-state index contributed by atoms with van der Waals surface area (Å²) < 4.78 is 10.1. The Bertz CT molecular complexity index is 216. The van der Waals surface area contributed by atoms with Crippen molar-refractivity contribution < 1.29 is 14.3 Å². The molecule has 1 aliphatic rings. The second-order valence-electron chi connectivity index (χ2n) is 3.89. The molecule has 0 saturated carbocycles. The van der Waals surface area contributed by atoms with E-state index in [-0.39, 0.29) is 18.3 Å². The highest BCUT2D eigenvalue weighted by Gasteiger charge is 2.15. The van der Waals surface area contributed by atoms with Crippen LogP contribution >= 0.6 is 24.2 Å². The molecule has 1 atom stereocenters. The zero-order valence-electron chi connectivity index (χ0n) is 10.8. The Kier molecular flexibility index (Phi) is 12.0. The lowest BCUT2D eigenvalue weighted by Crippen LogP contribution is -2.41. The molecule has 18 heavy (non-hydrogen) atoms. The van der Waals surface area contributed by atoms with Crippen molar-refractivity contribution in [3.63, 3.8) is 0 Å². The van der Waals surface area contributed by atoms with Crippen LogP contribution in [0.3, 0.4) is 0 Å². The predicted octanol–water partition coefficient (Wildman–Crippen LogP) is 0.283. The van der Waals surface area contributed by atoms with Crippen LogP contribution in [0.5, 0.6) is 0 Å². The third-order valence-electron chi connectivity index (χ3n) is 2.43. The number of nitrogens with one attached hydrogen (secondary N) is 2. The molecule has 1 amide bonds. The molecule has 0 bridgehead atoms. The molecule has 5 nitrogen and oxygen atoms in total. The zero-order chi connectivity index (χ0) is 12.3. The first-order valence-corrected chi connectivity index (χ1v) is 7.13. The lowest BCUT2D eigenvalue weighted by molar-refractivity contribution is -0.121. The number of thioether (sulfide) groups is 1. The van der Waals surface area contributed by atoms with Gasteiger partial charge in [0.25, 0.3) is 0 Å². The number of amides is 1. The maximum absolute atomic E-state index is 11.6. The molecule has 1 aliphatic heterocycles. The molecule has 1 unspecified atom stereocenters. The first kappa shape index (κ1) is 18.0. The van der Waals surface area contributed by atoms with Crippen molar-refractivity contribution in [3.05, 3.63) is 0 Å². The van der Waals surface area contributed by atoms with Crippen LogP contribution in [0.1, 0.15) is 6.42 Å². The lowest BCUT2D eigenvalue weighted by atomic mass is 10.2. The van der Waals surface area contributed by atoms with E-state index >= 15 is 0 Å². The third kappa shape index (κ3) is 8.99. The second kappa shape index (κ2) is 12.0. The Morgan fingerprint density at radius 1 is 1.44 bits per heavy atom. The molecule has 1 fully saturated rings. The Labute approximate surface area is 119 Å². The van der Waals surface area contributed by atoms with E-state index < -0.39 is 0 Å². The summed E-state index contributed by atoms with van der Waals surface area (Å²) in [5.74, 6) is 2.27. The number of halogens is 1. The summed E-state index contributed by atoms with van der Waals surface area (Å²) in [4.78, 5) is 11.6. The first-order chi connectivity index (χ1) is 8.33. The zero-order valence-corrected chi connectivity index (χ0v) is 12.4. The van der Waals surface area contributed by atoms with Gasteiger partial charge in [0.2, 0.25) is 5.91 Å². The molecule has 1 rings (SSSR count). The molecule has 0 spiro atoms. The molecular weight excluding hydrogens is 276 g/mol. The smallest absolute Gasteiger partial charge is 0.221 e. The van der Waals surface area contributed by atoms with Crippen molar-refractivity contribution >= 4 is 30.1 Å². The van der Waals surface area contributed by atoms with E-state index in [2.05, 4.69) is 10.6 Å².